The van der Waals surface area contributed by atoms with Crippen LogP contribution < -0.4 is 10.2 Å². The van der Waals surface area contributed by atoms with Crippen molar-refractivity contribution in [3.8, 4) is 0 Å². The molecule has 1 saturated heterocycles. The van der Waals surface area contributed by atoms with Gasteiger partial charge in [-0.15, -0.1) is 0 Å². The number of rotatable bonds is 5. The lowest BCUT2D eigenvalue weighted by atomic mass is 10.1. The predicted octanol–water partition coefficient (Wildman–Crippen LogP) is 3.27. The smallest absolute Gasteiger partial charge is 0.325 e. The normalized spacial score (nSPS) is 14.1. The van der Waals surface area contributed by atoms with Crippen LogP contribution in [0.15, 0.2) is 48.5 Å². The molecule has 0 atom stereocenters. The Labute approximate surface area is 146 Å². The summed E-state index contributed by atoms with van der Waals surface area (Å²) in [6.07, 6.45) is 0.933. The molecule has 0 saturated carbocycles. The van der Waals surface area contributed by atoms with Crippen LogP contribution in [0.5, 0.6) is 0 Å². The largest absolute Gasteiger partial charge is 0.325 e. The molecule has 1 N–H and O–H groups in total. The van der Waals surface area contributed by atoms with Gasteiger partial charge in [-0.05, 0) is 36.2 Å². The highest BCUT2D eigenvalue weighted by atomic mass is 19.1. The average Bonchev–Trinajstić information content (AvgIpc) is 2.96. The summed E-state index contributed by atoms with van der Waals surface area (Å²) in [5, 5.41) is 2.78. The summed E-state index contributed by atoms with van der Waals surface area (Å²) in [7, 11) is 0. The molecule has 0 aliphatic carbocycles. The lowest BCUT2D eigenvalue weighted by molar-refractivity contribution is -0.116. The summed E-state index contributed by atoms with van der Waals surface area (Å²) >= 11 is 0. The fraction of sp³-hybridized carbons (Fsp3) is 0.263. The Morgan fingerprint density at radius 1 is 1.12 bits per heavy atom. The fourth-order valence-electron chi connectivity index (χ4n) is 2.82. The van der Waals surface area contributed by atoms with E-state index in [1.54, 1.807) is 18.2 Å². The first-order valence-electron chi connectivity index (χ1n) is 8.28. The van der Waals surface area contributed by atoms with Crippen molar-refractivity contribution in [2.45, 2.75) is 13.3 Å². The Bertz CT molecular complexity index is 776. The zero-order valence-electron chi connectivity index (χ0n) is 14.0. The number of anilines is 2. The quantitative estimate of drug-likeness (QED) is 0.907. The van der Waals surface area contributed by atoms with E-state index >= 15 is 0 Å². The van der Waals surface area contributed by atoms with Crippen molar-refractivity contribution in [3.63, 3.8) is 0 Å². The average molecular weight is 341 g/mol. The Hall–Kier alpha value is -2.89. The molecule has 0 bridgehead atoms. The lowest BCUT2D eigenvalue weighted by Crippen LogP contribution is -2.37. The summed E-state index contributed by atoms with van der Waals surface area (Å²) in [5.74, 6) is -0.717. The second-order valence-corrected chi connectivity index (χ2v) is 5.91. The first-order chi connectivity index (χ1) is 12.1. The molecule has 0 spiro atoms. The third-order valence-electron chi connectivity index (χ3n) is 4.22. The number of benzene rings is 2. The Morgan fingerprint density at radius 2 is 1.84 bits per heavy atom. The number of aryl methyl sites for hydroxylation is 1. The number of nitrogens with zero attached hydrogens (tertiary/aromatic N) is 2. The minimum absolute atomic E-state index is 0.0562. The maximum Gasteiger partial charge on any atom is 0.325 e. The van der Waals surface area contributed by atoms with Gasteiger partial charge >= 0.3 is 6.03 Å². The molecule has 130 valence electrons. The van der Waals surface area contributed by atoms with Crippen LogP contribution in [0, 0.1) is 5.82 Å². The minimum atomic E-state index is -0.446. The van der Waals surface area contributed by atoms with Gasteiger partial charge in [0.2, 0.25) is 5.91 Å². The van der Waals surface area contributed by atoms with E-state index in [1.807, 2.05) is 24.3 Å². The molecule has 0 unspecified atom stereocenters. The van der Waals surface area contributed by atoms with Gasteiger partial charge in [0.1, 0.15) is 12.4 Å². The Morgan fingerprint density at radius 3 is 2.52 bits per heavy atom. The molecule has 0 aromatic heterocycles. The SMILES string of the molecule is CCc1ccc(NC(=O)CN2CCN(c3ccccc3F)C2=O)cc1. The van der Waals surface area contributed by atoms with Crippen LogP contribution in [-0.2, 0) is 11.2 Å². The van der Waals surface area contributed by atoms with Crippen molar-refractivity contribution in [3.05, 3.63) is 59.9 Å². The number of carbonyl (C=O) groups excluding carboxylic acids is 2. The number of para-hydroxylation sites is 1. The Kier molecular flexibility index (Phi) is 4.97. The molecule has 0 radical (unpaired) electrons. The molecule has 6 heteroatoms. The topological polar surface area (TPSA) is 52.7 Å². The summed E-state index contributed by atoms with van der Waals surface area (Å²) in [4.78, 5) is 27.4. The van der Waals surface area contributed by atoms with Crippen LogP contribution >= 0.6 is 0 Å². The maximum absolute atomic E-state index is 13.9. The second-order valence-electron chi connectivity index (χ2n) is 5.91. The first-order valence-corrected chi connectivity index (χ1v) is 8.28. The summed E-state index contributed by atoms with van der Waals surface area (Å²) in [6.45, 7) is 2.75. The molecule has 2 aromatic carbocycles. The highest BCUT2D eigenvalue weighted by molar-refractivity contribution is 5.99. The molecule has 3 rings (SSSR count). The van der Waals surface area contributed by atoms with E-state index in [1.165, 1.54) is 21.4 Å². The number of amides is 3. The second kappa shape index (κ2) is 7.34. The van der Waals surface area contributed by atoms with E-state index in [-0.39, 0.29) is 24.2 Å². The summed E-state index contributed by atoms with van der Waals surface area (Å²) in [6, 6.07) is 13.4. The van der Waals surface area contributed by atoms with E-state index < -0.39 is 5.82 Å². The van der Waals surface area contributed by atoms with E-state index in [4.69, 9.17) is 0 Å². The van der Waals surface area contributed by atoms with Crippen molar-refractivity contribution in [2.75, 3.05) is 29.9 Å². The van der Waals surface area contributed by atoms with E-state index in [0.29, 0.717) is 18.8 Å². The zero-order chi connectivity index (χ0) is 17.8. The van der Waals surface area contributed by atoms with Crippen LogP contribution in [0.3, 0.4) is 0 Å². The molecule has 1 aliphatic heterocycles. The monoisotopic (exact) mass is 341 g/mol. The van der Waals surface area contributed by atoms with E-state index in [2.05, 4.69) is 12.2 Å². The van der Waals surface area contributed by atoms with E-state index in [9.17, 15) is 14.0 Å². The van der Waals surface area contributed by atoms with Gasteiger partial charge in [-0.2, -0.15) is 0 Å². The van der Waals surface area contributed by atoms with Crippen molar-refractivity contribution in [1.29, 1.82) is 0 Å². The van der Waals surface area contributed by atoms with E-state index in [0.717, 1.165) is 6.42 Å². The molecular formula is C19H20FN3O2. The minimum Gasteiger partial charge on any atom is -0.325 e. The number of hydrogen-bond acceptors (Lipinski definition) is 2. The van der Waals surface area contributed by atoms with Crippen molar-refractivity contribution >= 4 is 23.3 Å². The van der Waals surface area contributed by atoms with Crippen molar-refractivity contribution in [2.24, 2.45) is 0 Å². The molecule has 25 heavy (non-hydrogen) atoms. The number of halogens is 1. The van der Waals surface area contributed by atoms with Gasteiger partial charge in [0, 0.05) is 18.8 Å². The molecule has 1 heterocycles. The molecule has 1 fully saturated rings. The van der Waals surface area contributed by atoms with Gasteiger partial charge in [0.05, 0.1) is 5.69 Å². The van der Waals surface area contributed by atoms with Gasteiger partial charge < -0.3 is 10.2 Å². The molecule has 1 aliphatic rings. The van der Waals surface area contributed by atoms with Crippen LogP contribution in [-0.4, -0.2) is 36.5 Å². The van der Waals surface area contributed by atoms with Gasteiger partial charge in [0.15, 0.2) is 0 Å². The molecule has 3 amide bonds. The van der Waals surface area contributed by atoms with Gasteiger partial charge in [0.25, 0.3) is 0 Å². The third kappa shape index (κ3) is 3.79. The third-order valence-corrected chi connectivity index (χ3v) is 4.22. The molecular weight excluding hydrogens is 321 g/mol. The van der Waals surface area contributed by atoms with Crippen LogP contribution in [0.2, 0.25) is 0 Å². The first kappa shape index (κ1) is 17.0. The summed E-state index contributed by atoms with van der Waals surface area (Å²) in [5.41, 5.74) is 2.12. The number of nitrogens with one attached hydrogen (secondary N) is 1. The highest BCUT2D eigenvalue weighted by Crippen LogP contribution is 2.23. The van der Waals surface area contributed by atoms with Gasteiger partial charge in [-0.3, -0.25) is 9.69 Å². The maximum atomic E-state index is 13.9. The number of carbonyl (C=O) groups is 2. The van der Waals surface area contributed by atoms with Crippen LogP contribution in [0.25, 0.3) is 0 Å². The van der Waals surface area contributed by atoms with Crippen molar-refractivity contribution in [1.82, 2.24) is 4.90 Å². The lowest BCUT2D eigenvalue weighted by Gasteiger charge is -2.18. The molecule has 2 aromatic rings. The van der Waals surface area contributed by atoms with Gasteiger partial charge in [-0.25, -0.2) is 9.18 Å². The van der Waals surface area contributed by atoms with Crippen molar-refractivity contribution < 1.29 is 14.0 Å². The summed E-state index contributed by atoms with van der Waals surface area (Å²) < 4.78 is 13.9. The Balaban J connectivity index is 1.60. The van der Waals surface area contributed by atoms with Gasteiger partial charge in [-0.1, -0.05) is 31.2 Å². The standard InChI is InChI=1S/C19H20FN3O2/c1-2-14-7-9-15(10-8-14)21-18(24)13-22-11-12-23(19(22)25)17-6-4-3-5-16(17)20/h3-10H,2,11-13H2,1H3,(H,21,24). The van der Waals surface area contributed by atoms with Crippen LogP contribution in [0.4, 0.5) is 20.6 Å². The highest BCUT2D eigenvalue weighted by Gasteiger charge is 2.32. The van der Waals surface area contributed by atoms with Crippen LogP contribution in [0.1, 0.15) is 12.5 Å². The zero-order valence-corrected chi connectivity index (χ0v) is 14.0. The number of urea groups is 1. The molecule has 5 nitrogen and oxygen atoms in total. The number of hydrogen-bond donors (Lipinski definition) is 1. The fourth-order valence-corrected chi connectivity index (χ4v) is 2.82. The predicted molar refractivity (Wildman–Crippen MR) is 95.2 cm³/mol.